The SMILES string of the molecule is Cc1nc(S(N)(=O)=O)c(C(F)F)cc1Cl. The Labute approximate surface area is 90.1 Å². The molecule has 0 aliphatic rings. The van der Waals surface area contributed by atoms with E-state index in [1.807, 2.05) is 0 Å². The van der Waals surface area contributed by atoms with Gasteiger partial charge in [0.25, 0.3) is 16.4 Å². The Kier molecular flexibility index (Phi) is 3.27. The molecular formula is C7H7ClF2N2O2S. The zero-order valence-corrected chi connectivity index (χ0v) is 9.11. The molecule has 0 saturated heterocycles. The molecule has 0 atom stereocenters. The summed E-state index contributed by atoms with van der Waals surface area (Å²) in [7, 11) is -4.27. The zero-order chi connectivity index (χ0) is 11.8. The van der Waals surface area contributed by atoms with E-state index in [9.17, 15) is 17.2 Å². The van der Waals surface area contributed by atoms with Crippen molar-refractivity contribution in [2.75, 3.05) is 0 Å². The van der Waals surface area contributed by atoms with Crippen molar-refractivity contribution < 1.29 is 17.2 Å². The predicted molar refractivity (Wildman–Crippen MR) is 50.3 cm³/mol. The largest absolute Gasteiger partial charge is 0.266 e. The van der Waals surface area contributed by atoms with Crippen molar-refractivity contribution in [1.29, 1.82) is 0 Å². The van der Waals surface area contributed by atoms with Gasteiger partial charge in [-0.2, -0.15) is 0 Å². The molecule has 1 rings (SSSR count). The van der Waals surface area contributed by atoms with Crippen LogP contribution in [0.5, 0.6) is 0 Å². The summed E-state index contributed by atoms with van der Waals surface area (Å²) in [6.45, 7) is 1.40. The molecule has 0 aromatic carbocycles. The van der Waals surface area contributed by atoms with E-state index in [1.165, 1.54) is 6.92 Å². The highest BCUT2D eigenvalue weighted by atomic mass is 35.5. The molecule has 0 amide bonds. The summed E-state index contributed by atoms with van der Waals surface area (Å²) in [5.74, 6) is 0. The summed E-state index contributed by atoms with van der Waals surface area (Å²) in [6, 6.07) is 0.855. The van der Waals surface area contributed by atoms with E-state index >= 15 is 0 Å². The van der Waals surface area contributed by atoms with Gasteiger partial charge in [0, 0.05) is 0 Å². The molecule has 0 aliphatic heterocycles. The molecule has 0 spiro atoms. The highest BCUT2D eigenvalue weighted by molar-refractivity contribution is 7.89. The smallest absolute Gasteiger partial charge is 0.238 e. The molecule has 0 fully saturated rings. The molecule has 0 bridgehead atoms. The number of rotatable bonds is 2. The number of alkyl halides is 2. The van der Waals surface area contributed by atoms with E-state index < -0.39 is 27.0 Å². The van der Waals surface area contributed by atoms with Gasteiger partial charge in [0.2, 0.25) is 0 Å². The van der Waals surface area contributed by atoms with Gasteiger partial charge < -0.3 is 0 Å². The first-order valence-electron chi connectivity index (χ1n) is 3.71. The van der Waals surface area contributed by atoms with Crippen LogP contribution >= 0.6 is 11.6 Å². The van der Waals surface area contributed by atoms with E-state index in [-0.39, 0.29) is 10.7 Å². The van der Waals surface area contributed by atoms with E-state index in [2.05, 4.69) is 4.98 Å². The molecule has 1 heterocycles. The number of primary sulfonamides is 1. The summed E-state index contributed by atoms with van der Waals surface area (Å²) in [6.07, 6.45) is -3.00. The van der Waals surface area contributed by atoms with Gasteiger partial charge in [-0.15, -0.1) is 0 Å². The second-order valence-corrected chi connectivity index (χ2v) is 4.68. The van der Waals surface area contributed by atoms with Crippen LogP contribution in [0.15, 0.2) is 11.1 Å². The number of aromatic nitrogens is 1. The van der Waals surface area contributed by atoms with Crippen LogP contribution in [0.1, 0.15) is 17.7 Å². The van der Waals surface area contributed by atoms with Gasteiger partial charge in [-0.1, -0.05) is 11.6 Å². The summed E-state index contributed by atoms with van der Waals surface area (Å²) >= 11 is 5.55. The van der Waals surface area contributed by atoms with Crippen LogP contribution in [0.4, 0.5) is 8.78 Å². The fourth-order valence-corrected chi connectivity index (χ4v) is 1.86. The van der Waals surface area contributed by atoms with Crippen LogP contribution < -0.4 is 5.14 Å². The monoisotopic (exact) mass is 256 g/mol. The normalized spacial score (nSPS) is 12.1. The molecule has 0 saturated carbocycles. The zero-order valence-electron chi connectivity index (χ0n) is 7.54. The maximum absolute atomic E-state index is 12.5. The average Bonchev–Trinajstić information content (AvgIpc) is 2.06. The molecule has 84 valence electrons. The molecule has 0 radical (unpaired) electrons. The second kappa shape index (κ2) is 3.99. The standard InChI is InChI=1S/C7H7ClF2N2O2S/c1-3-5(8)2-4(6(9)10)7(12-3)15(11,13)14/h2,6H,1H3,(H2,11,13,14). The second-order valence-electron chi connectivity index (χ2n) is 2.80. The van der Waals surface area contributed by atoms with Crippen molar-refractivity contribution in [3.05, 3.63) is 22.3 Å². The third kappa shape index (κ3) is 2.61. The number of hydrogen-bond acceptors (Lipinski definition) is 3. The average molecular weight is 257 g/mol. The van der Waals surface area contributed by atoms with Crippen LogP contribution in [0.3, 0.4) is 0 Å². The summed E-state index contributed by atoms with van der Waals surface area (Å²) < 4.78 is 46.8. The fraction of sp³-hybridized carbons (Fsp3) is 0.286. The summed E-state index contributed by atoms with van der Waals surface area (Å²) in [5, 5.41) is 3.88. The fourth-order valence-electron chi connectivity index (χ4n) is 0.957. The lowest BCUT2D eigenvalue weighted by Gasteiger charge is -2.08. The van der Waals surface area contributed by atoms with E-state index in [1.54, 1.807) is 0 Å². The number of pyridine rings is 1. The Morgan fingerprint density at radius 3 is 2.47 bits per heavy atom. The van der Waals surface area contributed by atoms with Crippen LogP contribution in [0, 0.1) is 6.92 Å². The van der Waals surface area contributed by atoms with Crippen molar-refractivity contribution in [3.8, 4) is 0 Å². The first kappa shape index (κ1) is 12.3. The number of halogens is 3. The van der Waals surface area contributed by atoms with Crippen LogP contribution in [-0.2, 0) is 10.0 Å². The Morgan fingerprint density at radius 1 is 1.53 bits per heavy atom. The number of sulfonamides is 1. The highest BCUT2D eigenvalue weighted by Gasteiger charge is 2.23. The topological polar surface area (TPSA) is 73.0 Å². The minimum absolute atomic E-state index is 0.0299. The van der Waals surface area contributed by atoms with Crippen molar-refractivity contribution in [2.24, 2.45) is 5.14 Å². The van der Waals surface area contributed by atoms with E-state index in [0.29, 0.717) is 0 Å². The molecule has 4 nitrogen and oxygen atoms in total. The van der Waals surface area contributed by atoms with Gasteiger partial charge in [-0.05, 0) is 13.0 Å². The van der Waals surface area contributed by atoms with Gasteiger partial charge in [-0.25, -0.2) is 27.3 Å². The maximum atomic E-state index is 12.5. The first-order chi connectivity index (χ1) is 6.73. The van der Waals surface area contributed by atoms with Crippen LogP contribution in [-0.4, -0.2) is 13.4 Å². The third-order valence-corrected chi connectivity index (χ3v) is 2.90. The van der Waals surface area contributed by atoms with Gasteiger partial charge in [-0.3, -0.25) is 0 Å². The number of hydrogen-bond donors (Lipinski definition) is 1. The minimum Gasteiger partial charge on any atom is -0.238 e. The Balaban J connectivity index is 3.56. The third-order valence-electron chi connectivity index (χ3n) is 1.65. The Bertz CT molecular complexity index is 490. The van der Waals surface area contributed by atoms with Gasteiger partial charge in [0.05, 0.1) is 16.3 Å². The lowest BCUT2D eigenvalue weighted by molar-refractivity contribution is 0.147. The molecular weight excluding hydrogens is 250 g/mol. The van der Waals surface area contributed by atoms with Crippen molar-refractivity contribution in [1.82, 2.24) is 4.98 Å². The number of nitrogens with two attached hydrogens (primary N) is 1. The van der Waals surface area contributed by atoms with Gasteiger partial charge in [0.1, 0.15) is 0 Å². The molecule has 8 heteroatoms. The molecule has 0 unspecified atom stereocenters. The lowest BCUT2D eigenvalue weighted by atomic mass is 10.2. The molecule has 0 aliphatic carbocycles. The van der Waals surface area contributed by atoms with E-state index in [0.717, 1.165) is 6.07 Å². The van der Waals surface area contributed by atoms with Crippen molar-refractivity contribution in [2.45, 2.75) is 18.4 Å². The first-order valence-corrected chi connectivity index (χ1v) is 5.64. The van der Waals surface area contributed by atoms with E-state index in [4.69, 9.17) is 16.7 Å². The minimum atomic E-state index is -4.27. The number of aryl methyl sites for hydroxylation is 1. The Morgan fingerprint density at radius 2 is 2.07 bits per heavy atom. The van der Waals surface area contributed by atoms with Gasteiger partial charge in [0.15, 0.2) is 5.03 Å². The Hall–Kier alpha value is -0.790. The predicted octanol–water partition coefficient (Wildman–Crippen LogP) is 1.63. The highest BCUT2D eigenvalue weighted by Crippen LogP contribution is 2.28. The van der Waals surface area contributed by atoms with Crippen molar-refractivity contribution >= 4 is 21.6 Å². The molecule has 15 heavy (non-hydrogen) atoms. The van der Waals surface area contributed by atoms with Crippen LogP contribution in [0.2, 0.25) is 5.02 Å². The molecule has 2 N–H and O–H groups in total. The molecule has 1 aromatic rings. The molecule has 1 aromatic heterocycles. The maximum Gasteiger partial charge on any atom is 0.266 e. The summed E-state index contributed by atoms with van der Waals surface area (Å²) in [4.78, 5) is 3.44. The van der Waals surface area contributed by atoms with Crippen molar-refractivity contribution in [3.63, 3.8) is 0 Å². The van der Waals surface area contributed by atoms with Gasteiger partial charge >= 0.3 is 0 Å². The lowest BCUT2D eigenvalue weighted by Crippen LogP contribution is -2.17. The van der Waals surface area contributed by atoms with Crippen LogP contribution in [0.25, 0.3) is 0 Å². The summed E-state index contributed by atoms with van der Waals surface area (Å²) in [5.41, 5.74) is -0.654. The number of nitrogens with zero attached hydrogens (tertiary/aromatic N) is 1. The quantitative estimate of drug-likeness (QED) is 0.874.